The van der Waals surface area contributed by atoms with Gasteiger partial charge in [0.15, 0.2) is 0 Å². The first-order valence-corrected chi connectivity index (χ1v) is 7.28. The van der Waals surface area contributed by atoms with Crippen LogP contribution in [-0.2, 0) is 4.79 Å². The lowest BCUT2D eigenvalue weighted by Gasteiger charge is -2.30. The molecule has 2 N–H and O–H groups in total. The van der Waals surface area contributed by atoms with E-state index >= 15 is 0 Å². The van der Waals surface area contributed by atoms with Crippen molar-refractivity contribution >= 4 is 12.0 Å². The van der Waals surface area contributed by atoms with E-state index in [0.717, 1.165) is 25.7 Å². The van der Waals surface area contributed by atoms with Gasteiger partial charge in [-0.25, -0.2) is 4.79 Å². The molecular formula is C14H21N3O3. The van der Waals surface area contributed by atoms with Crippen LogP contribution in [0.15, 0.2) is 0 Å². The Morgan fingerprint density at radius 1 is 1.30 bits per heavy atom. The first kappa shape index (κ1) is 14.6. The number of hydrogen-bond donors (Lipinski definition) is 2. The molecule has 6 heteroatoms. The standard InChI is InChI=1S/C14H21N3O3/c15-7-2-8-17(12-5-6-12)14(20)16-11-4-1-3-10(9-11)13(18)19/h10-12H,1-6,8-9H2,(H,16,20)(H,18,19). The molecule has 0 aromatic heterocycles. The molecule has 0 bridgehead atoms. The maximum Gasteiger partial charge on any atom is 0.317 e. The van der Waals surface area contributed by atoms with Crippen LogP contribution in [0, 0.1) is 17.2 Å². The Labute approximate surface area is 118 Å². The summed E-state index contributed by atoms with van der Waals surface area (Å²) in [7, 11) is 0. The highest BCUT2D eigenvalue weighted by molar-refractivity contribution is 5.75. The lowest BCUT2D eigenvalue weighted by Crippen LogP contribution is -2.48. The van der Waals surface area contributed by atoms with Gasteiger partial charge in [0.05, 0.1) is 18.4 Å². The Morgan fingerprint density at radius 3 is 2.65 bits per heavy atom. The molecule has 0 aromatic carbocycles. The van der Waals surface area contributed by atoms with Crippen molar-refractivity contribution in [1.82, 2.24) is 10.2 Å². The molecule has 2 rings (SSSR count). The van der Waals surface area contributed by atoms with Gasteiger partial charge >= 0.3 is 12.0 Å². The number of carboxylic acid groups (broad SMARTS) is 1. The largest absolute Gasteiger partial charge is 0.481 e. The molecule has 2 amide bonds. The molecule has 2 atom stereocenters. The van der Waals surface area contributed by atoms with Crippen LogP contribution in [-0.4, -0.2) is 40.6 Å². The van der Waals surface area contributed by atoms with Gasteiger partial charge in [0.2, 0.25) is 0 Å². The molecule has 0 aromatic rings. The van der Waals surface area contributed by atoms with Gasteiger partial charge in [0.25, 0.3) is 0 Å². The second kappa shape index (κ2) is 6.60. The summed E-state index contributed by atoms with van der Waals surface area (Å²) in [4.78, 5) is 25.0. The smallest absolute Gasteiger partial charge is 0.317 e. The number of carboxylic acids is 1. The number of nitrogens with one attached hydrogen (secondary N) is 1. The molecular weight excluding hydrogens is 258 g/mol. The van der Waals surface area contributed by atoms with Crippen LogP contribution in [0.4, 0.5) is 4.79 Å². The average molecular weight is 279 g/mol. The minimum atomic E-state index is -0.771. The van der Waals surface area contributed by atoms with E-state index in [2.05, 4.69) is 11.4 Å². The Bertz CT molecular complexity index is 414. The van der Waals surface area contributed by atoms with Crippen LogP contribution in [0.2, 0.25) is 0 Å². The Balaban J connectivity index is 1.85. The molecule has 2 saturated carbocycles. The van der Waals surface area contributed by atoms with Gasteiger partial charge in [-0.05, 0) is 32.1 Å². The topological polar surface area (TPSA) is 93.4 Å². The van der Waals surface area contributed by atoms with Crippen LogP contribution >= 0.6 is 0 Å². The monoisotopic (exact) mass is 279 g/mol. The van der Waals surface area contributed by atoms with Gasteiger partial charge in [0.1, 0.15) is 0 Å². The predicted molar refractivity (Wildman–Crippen MR) is 71.9 cm³/mol. The Hall–Kier alpha value is -1.77. The highest BCUT2D eigenvalue weighted by Gasteiger charge is 2.34. The van der Waals surface area contributed by atoms with Crippen molar-refractivity contribution in [3.05, 3.63) is 0 Å². The van der Waals surface area contributed by atoms with Crippen LogP contribution < -0.4 is 5.32 Å². The van der Waals surface area contributed by atoms with Crippen molar-refractivity contribution in [3.63, 3.8) is 0 Å². The summed E-state index contributed by atoms with van der Waals surface area (Å²) < 4.78 is 0. The highest BCUT2D eigenvalue weighted by Crippen LogP contribution is 2.28. The second-order valence-corrected chi connectivity index (χ2v) is 5.68. The third kappa shape index (κ3) is 3.86. The normalized spacial score (nSPS) is 25.6. The molecule has 20 heavy (non-hydrogen) atoms. The lowest BCUT2D eigenvalue weighted by molar-refractivity contribution is -0.143. The minimum absolute atomic E-state index is 0.0549. The minimum Gasteiger partial charge on any atom is -0.481 e. The number of urea groups is 1. The van der Waals surface area contributed by atoms with Crippen LogP contribution in [0.25, 0.3) is 0 Å². The van der Waals surface area contributed by atoms with Crippen molar-refractivity contribution in [2.45, 2.75) is 57.0 Å². The van der Waals surface area contributed by atoms with Gasteiger partial charge in [-0.1, -0.05) is 6.42 Å². The Kier molecular flexibility index (Phi) is 4.83. The number of nitrogens with zero attached hydrogens (tertiary/aromatic N) is 2. The summed E-state index contributed by atoms with van der Waals surface area (Å²) in [6, 6.07) is 2.13. The average Bonchev–Trinajstić information content (AvgIpc) is 3.24. The fraction of sp³-hybridized carbons (Fsp3) is 0.786. The summed E-state index contributed by atoms with van der Waals surface area (Å²) in [6.45, 7) is 0.460. The van der Waals surface area contributed by atoms with E-state index in [1.807, 2.05) is 0 Å². The number of aliphatic carboxylic acids is 1. The summed E-state index contributed by atoms with van der Waals surface area (Å²) in [5.41, 5.74) is 0. The van der Waals surface area contributed by atoms with E-state index in [4.69, 9.17) is 10.4 Å². The van der Waals surface area contributed by atoms with E-state index in [-0.39, 0.29) is 24.0 Å². The predicted octanol–water partition coefficient (Wildman–Crippen LogP) is 1.72. The molecule has 0 aliphatic heterocycles. The number of amides is 2. The second-order valence-electron chi connectivity index (χ2n) is 5.68. The molecule has 0 radical (unpaired) electrons. The number of carbonyl (C=O) groups is 2. The molecule has 0 heterocycles. The third-order valence-corrected chi connectivity index (χ3v) is 4.06. The van der Waals surface area contributed by atoms with Gasteiger partial charge in [0, 0.05) is 18.6 Å². The van der Waals surface area contributed by atoms with E-state index in [9.17, 15) is 9.59 Å². The number of rotatable bonds is 5. The highest BCUT2D eigenvalue weighted by atomic mass is 16.4. The summed E-state index contributed by atoms with van der Waals surface area (Å²) >= 11 is 0. The summed E-state index contributed by atoms with van der Waals surface area (Å²) in [6.07, 6.45) is 5.23. The third-order valence-electron chi connectivity index (χ3n) is 4.06. The molecule has 110 valence electrons. The van der Waals surface area contributed by atoms with Gasteiger partial charge < -0.3 is 15.3 Å². The SMILES string of the molecule is N#CCCN(C(=O)NC1CCCC(C(=O)O)C1)C1CC1. The summed E-state index contributed by atoms with van der Waals surface area (Å²) in [5, 5.41) is 20.6. The first-order valence-electron chi connectivity index (χ1n) is 7.28. The molecule has 6 nitrogen and oxygen atoms in total. The van der Waals surface area contributed by atoms with Crippen molar-refractivity contribution in [3.8, 4) is 6.07 Å². The molecule has 2 aliphatic rings. The van der Waals surface area contributed by atoms with E-state index in [1.165, 1.54) is 0 Å². The first-order chi connectivity index (χ1) is 9.61. The fourth-order valence-corrected chi connectivity index (χ4v) is 2.81. The van der Waals surface area contributed by atoms with E-state index in [0.29, 0.717) is 25.8 Å². The van der Waals surface area contributed by atoms with E-state index < -0.39 is 5.97 Å². The van der Waals surface area contributed by atoms with Gasteiger partial charge in [-0.3, -0.25) is 4.79 Å². The van der Waals surface area contributed by atoms with Crippen molar-refractivity contribution in [2.24, 2.45) is 5.92 Å². The van der Waals surface area contributed by atoms with Crippen molar-refractivity contribution in [1.29, 1.82) is 5.26 Å². The quantitative estimate of drug-likeness (QED) is 0.801. The number of carbonyl (C=O) groups excluding carboxylic acids is 1. The molecule has 2 unspecified atom stereocenters. The van der Waals surface area contributed by atoms with Crippen LogP contribution in [0.5, 0.6) is 0 Å². The Morgan fingerprint density at radius 2 is 2.05 bits per heavy atom. The van der Waals surface area contributed by atoms with Crippen LogP contribution in [0.1, 0.15) is 44.9 Å². The zero-order chi connectivity index (χ0) is 14.5. The van der Waals surface area contributed by atoms with Crippen molar-refractivity contribution in [2.75, 3.05) is 6.54 Å². The fourth-order valence-electron chi connectivity index (χ4n) is 2.81. The molecule has 0 saturated heterocycles. The summed E-state index contributed by atoms with van der Waals surface area (Å²) in [5.74, 6) is -1.12. The van der Waals surface area contributed by atoms with Gasteiger partial charge in [-0.2, -0.15) is 5.26 Å². The zero-order valence-electron chi connectivity index (χ0n) is 11.5. The maximum absolute atomic E-state index is 12.2. The lowest BCUT2D eigenvalue weighted by atomic mass is 9.86. The molecule has 2 fully saturated rings. The number of hydrogen-bond acceptors (Lipinski definition) is 3. The maximum atomic E-state index is 12.2. The van der Waals surface area contributed by atoms with E-state index in [1.54, 1.807) is 4.90 Å². The molecule has 0 spiro atoms. The van der Waals surface area contributed by atoms with Gasteiger partial charge in [-0.15, -0.1) is 0 Å². The molecule has 2 aliphatic carbocycles. The number of nitriles is 1. The van der Waals surface area contributed by atoms with Crippen LogP contribution in [0.3, 0.4) is 0 Å². The van der Waals surface area contributed by atoms with Crippen molar-refractivity contribution < 1.29 is 14.7 Å². The zero-order valence-corrected chi connectivity index (χ0v) is 11.5.